The molecule has 2 aromatic rings. The van der Waals surface area contributed by atoms with Gasteiger partial charge in [-0.2, -0.15) is 0 Å². The number of esters is 1. The Kier molecular flexibility index (Phi) is 2.75. The van der Waals surface area contributed by atoms with Gasteiger partial charge in [0, 0.05) is 11.5 Å². The molecule has 0 aliphatic carbocycles. The number of hydrogen-bond acceptors (Lipinski definition) is 4. The van der Waals surface area contributed by atoms with Gasteiger partial charge in [-0.25, -0.2) is 9.18 Å². The summed E-state index contributed by atoms with van der Waals surface area (Å²) < 4.78 is 23.2. The molecule has 0 radical (unpaired) electrons. The Bertz CT molecular complexity index is 586. The summed E-state index contributed by atoms with van der Waals surface area (Å²) in [6.07, 6.45) is 0. The van der Waals surface area contributed by atoms with Gasteiger partial charge < -0.3 is 14.3 Å². The maximum atomic E-state index is 13.1. The molecule has 1 aromatic carbocycles. The number of fused-ring (bicyclic) bond motifs is 1. The first-order chi connectivity index (χ1) is 8.04. The lowest BCUT2D eigenvalue weighted by atomic mass is 10.1. The summed E-state index contributed by atoms with van der Waals surface area (Å²) in [4.78, 5) is 11.7. The molecule has 0 amide bonds. The zero-order valence-electron chi connectivity index (χ0n) is 9.41. The summed E-state index contributed by atoms with van der Waals surface area (Å²) in [5.74, 6) is -1.52. The van der Waals surface area contributed by atoms with Crippen LogP contribution in [0.25, 0.3) is 11.0 Å². The lowest BCUT2D eigenvalue weighted by Gasteiger charge is -2.00. The summed E-state index contributed by atoms with van der Waals surface area (Å²) in [5.41, 5.74) is 0.429. The van der Waals surface area contributed by atoms with Crippen molar-refractivity contribution in [2.24, 2.45) is 0 Å². The molecule has 0 unspecified atom stereocenters. The number of phenols is 1. The van der Waals surface area contributed by atoms with Gasteiger partial charge in [-0.05, 0) is 19.9 Å². The van der Waals surface area contributed by atoms with Crippen LogP contribution in [0.2, 0.25) is 0 Å². The molecule has 0 aliphatic heterocycles. The first-order valence-corrected chi connectivity index (χ1v) is 5.13. The van der Waals surface area contributed by atoms with Crippen LogP contribution >= 0.6 is 0 Å². The van der Waals surface area contributed by atoms with Gasteiger partial charge in [0.05, 0.1) is 6.61 Å². The summed E-state index contributed by atoms with van der Waals surface area (Å²) in [6, 6.07) is 2.20. The molecule has 0 saturated carbocycles. The molecule has 1 heterocycles. The van der Waals surface area contributed by atoms with Crippen LogP contribution in [0.15, 0.2) is 16.5 Å². The van der Waals surface area contributed by atoms with Crippen molar-refractivity contribution in [1.29, 1.82) is 0 Å². The number of rotatable bonds is 2. The number of ether oxygens (including phenoxy) is 1. The van der Waals surface area contributed by atoms with E-state index < -0.39 is 17.5 Å². The van der Waals surface area contributed by atoms with Gasteiger partial charge in [0.2, 0.25) is 0 Å². The van der Waals surface area contributed by atoms with Crippen molar-refractivity contribution in [2.45, 2.75) is 13.8 Å². The highest BCUT2D eigenvalue weighted by Gasteiger charge is 2.20. The number of furan rings is 1. The molecule has 0 atom stereocenters. The number of aryl methyl sites for hydroxylation is 1. The van der Waals surface area contributed by atoms with Gasteiger partial charge in [-0.15, -0.1) is 0 Å². The van der Waals surface area contributed by atoms with Crippen molar-refractivity contribution in [3.63, 3.8) is 0 Å². The Labute approximate surface area is 96.6 Å². The average molecular weight is 238 g/mol. The van der Waals surface area contributed by atoms with E-state index in [1.807, 2.05) is 0 Å². The van der Waals surface area contributed by atoms with E-state index in [-0.39, 0.29) is 17.8 Å². The molecular formula is C12H11FO4. The fraction of sp³-hybridized carbons (Fsp3) is 0.250. The summed E-state index contributed by atoms with van der Waals surface area (Å²) in [5, 5.41) is 9.64. The predicted molar refractivity (Wildman–Crippen MR) is 58.5 cm³/mol. The van der Waals surface area contributed by atoms with Crippen LogP contribution in [-0.4, -0.2) is 17.7 Å². The Morgan fingerprint density at radius 3 is 2.88 bits per heavy atom. The fourth-order valence-electron chi connectivity index (χ4n) is 1.69. The minimum absolute atomic E-state index is 0.209. The van der Waals surface area contributed by atoms with E-state index in [9.17, 15) is 14.3 Å². The molecule has 0 spiro atoms. The van der Waals surface area contributed by atoms with Gasteiger partial charge in [-0.1, -0.05) is 0 Å². The van der Waals surface area contributed by atoms with Crippen molar-refractivity contribution in [2.75, 3.05) is 6.61 Å². The molecule has 5 heteroatoms. The SMILES string of the molecule is CCOC(=O)c1c(C)oc2cc(F)c(O)cc12. The monoisotopic (exact) mass is 238 g/mol. The third kappa shape index (κ3) is 1.84. The normalized spacial score (nSPS) is 10.8. The number of halogens is 1. The van der Waals surface area contributed by atoms with Crippen molar-refractivity contribution < 1.29 is 23.4 Å². The molecule has 1 aromatic heterocycles. The number of aromatic hydroxyl groups is 1. The molecule has 0 aliphatic rings. The molecule has 0 saturated heterocycles. The number of carbonyl (C=O) groups excluding carboxylic acids is 1. The van der Waals surface area contributed by atoms with Crippen LogP contribution in [0.1, 0.15) is 23.0 Å². The second kappa shape index (κ2) is 4.08. The summed E-state index contributed by atoms with van der Waals surface area (Å²) in [6.45, 7) is 3.51. The number of carbonyl (C=O) groups is 1. The minimum atomic E-state index is -0.790. The highest BCUT2D eigenvalue weighted by Crippen LogP contribution is 2.31. The predicted octanol–water partition coefficient (Wildman–Crippen LogP) is 2.76. The zero-order chi connectivity index (χ0) is 12.6. The Morgan fingerprint density at radius 2 is 2.24 bits per heavy atom. The molecule has 2 rings (SSSR count). The van der Waals surface area contributed by atoms with Crippen molar-refractivity contribution >= 4 is 16.9 Å². The number of benzene rings is 1. The van der Waals surface area contributed by atoms with E-state index >= 15 is 0 Å². The maximum absolute atomic E-state index is 13.1. The first kappa shape index (κ1) is 11.4. The lowest BCUT2D eigenvalue weighted by Crippen LogP contribution is -2.05. The second-order valence-corrected chi connectivity index (χ2v) is 3.55. The first-order valence-electron chi connectivity index (χ1n) is 5.13. The summed E-state index contributed by atoms with van der Waals surface area (Å²) in [7, 11) is 0. The van der Waals surface area contributed by atoms with Gasteiger partial charge >= 0.3 is 5.97 Å². The van der Waals surface area contributed by atoms with Crippen LogP contribution < -0.4 is 0 Å². The zero-order valence-corrected chi connectivity index (χ0v) is 9.41. The molecule has 90 valence electrons. The Balaban J connectivity index is 2.66. The topological polar surface area (TPSA) is 59.7 Å². The Morgan fingerprint density at radius 1 is 1.53 bits per heavy atom. The second-order valence-electron chi connectivity index (χ2n) is 3.55. The summed E-state index contributed by atoms with van der Waals surface area (Å²) >= 11 is 0. The molecule has 1 N–H and O–H groups in total. The van der Waals surface area contributed by atoms with E-state index in [0.717, 1.165) is 12.1 Å². The van der Waals surface area contributed by atoms with Crippen LogP contribution in [0, 0.1) is 12.7 Å². The van der Waals surface area contributed by atoms with Gasteiger partial charge in [0.1, 0.15) is 16.9 Å². The van der Waals surface area contributed by atoms with Crippen LogP contribution in [0.5, 0.6) is 5.75 Å². The molecule has 0 bridgehead atoms. The average Bonchev–Trinajstić information content (AvgIpc) is 2.55. The van der Waals surface area contributed by atoms with Crippen LogP contribution in [0.3, 0.4) is 0 Å². The van der Waals surface area contributed by atoms with Gasteiger partial charge in [0.15, 0.2) is 11.6 Å². The van der Waals surface area contributed by atoms with Gasteiger partial charge in [0.25, 0.3) is 0 Å². The smallest absolute Gasteiger partial charge is 0.342 e. The van der Waals surface area contributed by atoms with Crippen LogP contribution in [-0.2, 0) is 4.74 Å². The number of phenolic OH excluding ortho intramolecular Hbond substituents is 1. The van der Waals surface area contributed by atoms with E-state index in [1.165, 1.54) is 0 Å². The van der Waals surface area contributed by atoms with Crippen molar-refractivity contribution in [3.8, 4) is 5.75 Å². The molecule has 0 fully saturated rings. The molecule has 4 nitrogen and oxygen atoms in total. The highest BCUT2D eigenvalue weighted by molar-refractivity contribution is 6.04. The quantitative estimate of drug-likeness (QED) is 0.817. The van der Waals surface area contributed by atoms with Crippen molar-refractivity contribution in [1.82, 2.24) is 0 Å². The fourth-order valence-corrected chi connectivity index (χ4v) is 1.69. The van der Waals surface area contributed by atoms with Crippen LogP contribution in [0.4, 0.5) is 4.39 Å². The lowest BCUT2D eigenvalue weighted by molar-refractivity contribution is 0.0526. The number of hydrogen-bond donors (Lipinski definition) is 1. The third-order valence-electron chi connectivity index (χ3n) is 2.41. The van der Waals surface area contributed by atoms with E-state index in [4.69, 9.17) is 9.15 Å². The van der Waals surface area contributed by atoms with Gasteiger partial charge in [-0.3, -0.25) is 0 Å². The van der Waals surface area contributed by atoms with Crippen molar-refractivity contribution in [3.05, 3.63) is 29.3 Å². The highest BCUT2D eigenvalue weighted by atomic mass is 19.1. The van der Waals surface area contributed by atoms with E-state index in [0.29, 0.717) is 11.1 Å². The maximum Gasteiger partial charge on any atom is 0.342 e. The van der Waals surface area contributed by atoms with E-state index in [1.54, 1.807) is 13.8 Å². The minimum Gasteiger partial charge on any atom is -0.505 e. The van der Waals surface area contributed by atoms with E-state index in [2.05, 4.69) is 0 Å². The molecule has 17 heavy (non-hydrogen) atoms. The largest absolute Gasteiger partial charge is 0.505 e. The standard InChI is InChI=1S/C12H11FO4/c1-3-16-12(15)11-6(2)17-10-5-8(13)9(14)4-7(10)11/h4-5,14H,3H2,1-2H3. The third-order valence-corrected chi connectivity index (χ3v) is 2.41. The Hall–Kier alpha value is -2.04. The molecular weight excluding hydrogens is 227 g/mol.